The number of ketones is 1. The summed E-state index contributed by atoms with van der Waals surface area (Å²) in [5.41, 5.74) is 4.65. The molecule has 7 nitrogen and oxygen atoms in total. The molecule has 4 rings (SSSR count). The predicted molar refractivity (Wildman–Crippen MR) is 158 cm³/mol. The van der Waals surface area contributed by atoms with Crippen LogP contribution in [0.1, 0.15) is 68.8 Å². The number of esters is 1. The van der Waals surface area contributed by atoms with E-state index in [0.717, 1.165) is 54.0 Å². The summed E-state index contributed by atoms with van der Waals surface area (Å²) in [5, 5.41) is 13.0. The molecule has 2 heterocycles. The molecule has 0 saturated carbocycles. The van der Waals surface area contributed by atoms with Crippen LogP contribution in [-0.2, 0) is 14.3 Å². The van der Waals surface area contributed by atoms with Crippen molar-refractivity contribution in [2.75, 3.05) is 25.2 Å². The Morgan fingerprint density at radius 2 is 1.78 bits per heavy atom. The quantitative estimate of drug-likeness (QED) is 0.211. The normalized spacial score (nSPS) is 14.5. The van der Waals surface area contributed by atoms with Crippen molar-refractivity contribution < 1.29 is 28.6 Å². The molecule has 1 aliphatic heterocycles. The molecule has 1 saturated heterocycles. The second kappa shape index (κ2) is 13.6. The number of carbonyl (C=O) groups is 2. The Morgan fingerprint density at radius 1 is 1.07 bits per heavy atom. The number of aliphatic hydroxyl groups excluding tert-OH is 1. The summed E-state index contributed by atoms with van der Waals surface area (Å²) in [5.74, 6) is -0.715. The van der Waals surface area contributed by atoms with Crippen molar-refractivity contribution in [3.8, 4) is 22.6 Å². The van der Waals surface area contributed by atoms with Crippen molar-refractivity contribution in [1.29, 1.82) is 0 Å². The van der Waals surface area contributed by atoms with Crippen molar-refractivity contribution in [2.24, 2.45) is 0 Å². The molecule has 1 unspecified atom stereocenters. The monoisotopic (exact) mass is 562 g/mol. The molecule has 0 radical (unpaired) electrons. The lowest BCUT2D eigenvalue weighted by Crippen LogP contribution is -2.41. The largest absolute Gasteiger partial charge is 0.469 e. The Hall–Kier alpha value is -3.91. The highest BCUT2D eigenvalue weighted by atomic mass is 19.1. The second-order valence-electron chi connectivity index (χ2n) is 10.7. The van der Waals surface area contributed by atoms with Gasteiger partial charge in [0.1, 0.15) is 18.0 Å². The maximum atomic E-state index is 14.9. The lowest BCUT2D eigenvalue weighted by Gasteiger charge is -2.33. The highest BCUT2D eigenvalue weighted by Crippen LogP contribution is 2.40. The topological polar surface area (TPSA) is 81.0 Å². The van der Waals surface area contributed by atoms with Gasteiger partial charge in [-0.15, -0.1) is 0 Å². The van der Waals surface area contributed by atoms with E-state index in [9.17, 15) is 19.1 Å². The number of benzene rings is 2. The van der Waals surface area contributed by atoms with Crippen LogP contribution in [0, 0.1) is 12.7 Å². The molecule has 0 spiro atoms. The molecule has 1 fully saturated rings. The zero-order valence-corrected chi connectivity index (χ0v) is 24.2. The van der Waals surface area contributed by atoms with Gasteiger partial charge in [-0.3, -0.25) is 14.3 Å². The number of para-hydroxylation sites is 1. The number of piperidine rings is 1. The average molecular weight is 563 g/mol. The maximum Gasteiger partial charge on any atom is 0.313 e. The Labute approximate surface area is 241 Å². The van der Waals surface area contributed by atoms with Gasteiger partial charge in [-0.2, -0.15) is 0 Å². The number of ether oxygens (including phenoxy) is 2. The lowest BCUT2D eigenvalue weighted by atomic mass is 9.96. The Balaban J connectivity index is 1.79. The molecule has 8 heteroatoms. The molecule has 1 atom stereocenters. The van der Waals surface area contributed by atoms with Crippen LogP contribution < -0.4 is 9.75 Å². The minimum absolute atomic E-state index is 0.119. The van der Waals surface area contributed by atoms with Crippen molar-refractivity contribution in [3.05, 3.63) is 77.4 Å². The summed E-state index contributed by atoms with van der Waals surface area (Å²) in [6.07, 6.45) is 5.16. The number of nitrogens with zero attached hydrogens (tertiary/aromatic N) is 2. The van der Waals surface area contributed by atoms with Gasteiger partial charge in [0, 0.05) is 36.3 Å². The average Bonchev–Trinajstić information content (AvgIpc) is 3.26. The zero-order valence-electron chi connectivity index (χ0n) is 24.2. The van der Waals surface area contributed by atoms with Crippen LogP contribution in [0.5, 0.6) is 11.5 Å². The molecule has 3 aromatic rings. The molecule has 0 bridgehead atoms. The van der Waals surface area contributed by atoms with E-state index < -0.39 is 23.7 Å². The summed E-state index contributed by atoms with van der Waals surface area (Å²) in [6.45, 7) is 8.16. The van der Waals surface area contributed by atoms with Gasteiger partial charge >= 0.3 is 5.97 Å². The molecule has 2 aromatic carbocycles. The second-order valence-corrected chi connectivity index (χ2v) is 10.7. The van der Waals surface area contributed by atoms with Gasteiger partial charge in [-0.05, 0) is 61.9 Å². The van der Waals surface area contributed by atoms with Gasteiger partial charge in [-0.1, -0.05) is 50.3 Å². The number of carbonyl (C=O) groups excluding carboxylic acids is 2. The van der Waals surface area contributed by atoms with Crippen LogP contribution in [0.15, 0.2) is 54.6 Å². The predicted octanol–water partition coefficient (Wildman–Crippen LogP) is 6.54. The third kappa shape index (κ3) is 7.24. The minimum Gasteiger partial charge on any atom is -0.469 e. The maximum absolute atomic E-state index is 14.9. The number of hydrogen-bond donors (Lipinski definition) is 1. The molecule has 1 aromatic heterocycles. The fourth-order valence-corrected chi connectivity index (χ4v) is 5.42. The van der Waals surface area contributed by atoms with Crippen molar-refractivity contribution in [2.45, 2.75) is 64.9 Å². The van der Waals surface area contributed by atoms with Crippen molar-refractivity contribution in [3.63, 3.8) is 0 Å². The first-order chi connectivity index (χ1) is 19.7. The highest BCUT2D eigenvalue weighted by molar-refractivity contribution is 5.95. The van der Waals surface area contributed by atoms with Crippen LogP contribution in [0.2, 0.25) is 0 Å². The number of methoxy groups -OCH3 is 1. The Kier molecular flexibility index (Phi) is 10.00. The van der Waals surface area contributed by atoms with Crippen molar-refractivity contribution in [1.82, 2.24) is 4.68 Å². The summed E-state index contributed by atoms with van der Waals surface area (Å²) in [6, 6.07) is 14.0. The molecule has 218 valence electrons. The van der Waals surface area contributed by atoms with E-state index in [0.29, 0.717) is 5.75 Å². The smallest absolute Gasteiger partial charge is 0.313 e. The number of aromatic nitrogens is 1. The van der Waals surface area contributed by atoms with Crippen molar-refractivity contribution >= 4 is 17.8 Å². The molecular weight excluding hydrogens is 523 g/mol. The Bertz CT molecular complexity index is 1390. The van der Waals surface area contributed by atoms with Gasteiger partial charge < -0.3 is 19.6 Å². The molecule has 1 N–H and O–H groups in total. The Morgan fingerprint density at radius 3 is 2.44 bits per heavy atom. The highest BCUT2D eigenvalue weighted by Gasteiger charge is 2.27. The van der Waals surface area contributed by atoms with E-state index in [4.69, 9.17) is 4.74 Å². The number of halogens is 1. The summed E-state index contributed by atoms with van der Waals surface area (Å²) < 4.78 is 27.7. The van der Waals surface area contributed by atoms with Gasteiger partial charge in [-0.25, -0.2) is 4.39 Å². The molecule has 0 aliphatic carbocycles. The van der Waals surface area contributed by atoms with E-state index >= 15 is 0 Å². The van der Waals surface area contributed by atoms with Crippen LogP contribution in [0.3, 0.4) is 0 Å². The number of aliphatic hydroxyl groups is 1. The summed E-state index contributed by atoms with van der Waals surface area (Å²) in [7, 11) is 1.22. The minimum atomic E-state index is -1.08. The first kappa shape index (κ1) is 30.1. The summed E-state index contributed by atoms with van der Waals surface area (Å²) in [4.78, 5) is 23.7. The van der Waals surface area contributed by atoms with Crippen LogP contribution >= 0.6 is 0 Å². The van der Waals surface area contributed by atoms with E-state index in [1.54, 1.807) is 30.3 Å². The lowest BCUT2D eigenvalue weighted by molar-refractivity contribution is -0.143. The number of hydrogen-bond acceptors (Lipinski definition) is 6. The van der Waals surface area contributed by atoms with Crippen LogP contribution in [0.4, 0.5) is 4.39 Å². The third-order valence-corrected chi connectivity index (χ3v) is 7.30. The fraction of sp³-hybridized carbons (Fsp3) is 0.394. The first-order valence-corrected chi connectivity index (χ1v) is 14.2. The van der Waals surface area contributed by atoms with E-state index in [1.165, 1.54) is 19.6 Å². The van der Waals surface area contributed by atoms with E-state index in [2.05, 4.69) is 35.2 Å². The van der Waals surface area contributed by atoms with Gasteiger partial charge in [0.2, 0.25) is 0 Å². The van der Waals surface area contributed by atoms with E-state index in [1.807, 2.05) is 24.3 Å². The van der Waals surface area contributed by atoms with Gasteiger partial charge in [0.25, 0.3) is 0 Å². The molecular formula is C33H39FN2O5. The molecule has 41 heavy (non-hydrogen) atoms. The zero-order chi connectivity index (χ0) is 29.5. The third-order valence-electron chi connectivity index (χ3n) is 7.30. The fourth-order valence-electron chi connectivity index (χ4n) is 5.42. The molecule has 0 amide bonds. The standard InChI is InChI=1S/C33H39FN2O5/c1-22(2)33-28(15-14-25(37)20-26(38)21-31(39)40-4)32(23(3)36(33)35-17-9-6-10-18-35)24-13-16-29(34)30(19-24)41-27-11-7-5-8-12-27/h5,7-8,11-16,19,22,25,37H,6,9-10,17-18,20-21H2,1-4H3/b15-14+. The van der Waals surface area contributed by atoms with Crippen LogP contribution in [-0.4, -0.2) is 47.8 Å². The first-order valence-electron chi connectivity index (χ1n) is 14.2. The van der Waals surface area contributed by atoms with Crippen LogP contribution in [0.25, 0.3) is 17.2 Å². The number of Topliss-reactive ketones (excluding diaryl/α,β-unsaturated/α-hetero) is 1. The van der Waals surface area contributed by atoms with Gasteiger partial charge in [0.05, 0.1) is 18.9 Å². The number of rotatable bonds is 11. The molecule has 1 aliphatic rings. The van der Waals surface area contributed by atoms with E-state index in [-0.39, 0.29) is 24.5 Å². The summed E-state index contributed by atoms with van der Waals surface area (Å²) >= 11 is 0. The van der Waals surface area contributed by atoms with Gasteiger partial charge in [0.15, 0.2) is 11.6 Å². The SMILES string of the molecule is COC(=O)CC(=O)CC(O)/C=C/c1c(-c2ccc(F)c(Oc3ccccc3)c2)c(C)n(N2CCCCC2)c1C(C)C.